The zero-order valence-electron chi connectivity index (χ0n) is 14.7. The Morgan fingerprint density at radius 2 is 1.74 bits per heavy atom. The fourth-order valence-electron chi connectivity index (χ4n) is 2.55. The third-order valence-electron chi connectivity index (χ3n) is 3.67. The molecule has 0 aliphatic rings. The molecule has 6 nitrogen and oxygen atoms in total. The van der Waals surface area contributed by atoms with E-state index in [9.17, 15) is 14.0 Å². The molecule has 1 aromatic heterocycles. The number of benzene rings is 2. The average molecular weight is 384 g/mol. The van der Waals surface area contributed by atoms with Crippen molar-refractivity contribution in [2.24, 2.45) is 0 Å². The van der Waals surface area contributed by atoms with Crippen LogP contribution in [0.1, 0.15) is 17.4 Å². The van der Waals surface area contributed by atoms with Gasteiger partial charge in [-0.25, -0.2) is 9.37 Å². The monoisotopic (exact) mass is 384 g/mol. The van der Waals surface area contributed by atoms with Gasteiger partial charge in [0.2, 0.25) is 5.91 Å². The van der Waals surface area contributed by atoms with E-state index in [4.69, 9.17) is 0 Å². The number of amides is 2. The average Bonchev–Trinajstić information content (AvgIpc) is 3.06. The van der Waals surface area contributed by atoms with Crippen molar-refractivity contribution in [1.82, 2.24) is 9.55 Å². The van der Waals surface area contributed by atoms with E-state index in [0.29, 0.717) is 27.9 Å². The number of rotatable bonds is 5. The standard InChI is InChI=1S/C19H17FN4O2S/c1-12(25)22-14-4-3-5-15(10-14)23-18(26)17-11-21-19(27-2)24(17)16-8-6-13(20)7-9-16/h3-11H,1-2H3,(H,22,25)(H,23,26). The van der Waals surface area contributed by atoms with E-state index >= 15 is 0 Å². The van der Waals surface area contributed by atoms with Crippen LogP contribution in [0, 0.1) is 5.82 Å². The topological polar surface area (TPSA) is 76.0 Å². The second-order valence-electron chi connectivity index (χ2n) is 5.66. The van der Waals surface area contributed by atoms with Crippen molar-refractivity contribution in [3.05, 3.63) is 66.2 Å². The number of carbonyl (C=O) groups is 2. The molecule has 0 saturated heterocycles. The number of nitrogens with one attached hydrogen (secondary N) is 2. The Bertz CT molecular complexity index is 986. The van der Waals surface area contributed by atoms with Crippen LogP contribution in [0.15, 0.2) is 59.9 Å². The Balaban J connectivity index is 1.90. The Labute approximate surface area is 159 Å². The summed E-state index contributed by atoms with van der Waals surface area (Å²) in [5.41, 5.74) is 2.06. The predicted molar refractivity (Wildman–Crippen MR) is 104 cm³/mol. The first kappa shape index (κ1) is 18.7. The summed E-state index contributed by atoms with van der Waals surface area (Å²) in [6.45, 7) is 1.41. The van der Waals surface area contributed by atoms with Crippen molar-refractivity contribution in [3.8, 4) is 5.69 Å². The van der Waals surface area contributed by atoms with Crippen LogP contribution in [0.3, 0.4) is 0 Å². The molecule has 0 aliphatic carbocycles. The number of aromatic nitrogens is 2. The molecule has 3 aromatic rings. The number of hydrogen-bond donors (Lipinski definition) is 2. The van der Waals surface area contributed by atoms with Crippen LogP contribution in [0.2, 0.25) is 0 Å². The van der Waals surface area contributed by atoms with E-state index in [-0.39, 0.29) is 17.6 Å². The molecule has 0 fully saturated rings. The normalized spacial score (nSPS) is 10.5. The minimum absolute atomic E-state index is 0.197. The van der Waals surface area contributed by atoms with Crippen LogP contribution in [0.5, 0.6) is 0 Å². The molecule has 8 heteroatoms. The molecule has 2 N–H and O–H groups in total. The fraction of sp³-hybridized carbons (Fsp3) is 0.105. The quantitative estimate of drug-likeness (QED) is 0.653. The van der Waals surface area contributed by atoms with Crippen molar-refractivity contribution >= 4 is 35.0 Å². The molecular weight excluding hydrogens is 367 g/mol. The maximum atomic E-state index is 13.2. The molecule has 0 radical (unpaired) electrons. The minimum Gasteiger partial charge on any atom is -0.326 e. The summed E-state index contributed by atoms with van der Waals surface area (Å²) in [7, 11) is 0. The SMILES string of the molecule is CSc1ncc(C(=O)Nc2cccc(NC(C)=O)c2)n1-c1ccc(F)cc1. The van der Waals surface area contributed by atoms with E-state index in [1.807, 2.05) is 6.26 Å². The van der Waals surface area contributed by atoms with Crippen molar-refractivity contribution in [2.45, 2.75) is 12.1 Å². The molecule has 0 bridgehead atoms. The van der Waals surface area contributed by atoms with Crippen molar-refractivity contribution in [2.75, 3.05) is 16.9 Å². The van der Waals surface area contributed by atoms with Gasteiger partial charge in [-0.2, -0.15) is 0 Å². The van der Waals surface area contributed by atoms with E-state index in [0.717, 1.165) is 0 Å². The van der Waals surface area contributed by atoms with Crippen LogP contribution in [0.4, 0.5) is 15.8 Å². The molecule has 27 heavy (non-hydrogen) atoms. The van der Waals surface area contributed by atoms with Crippen LogP contribution in [-0.4, -0.2) is 27.6 Å². The van der Waals surface area contributed by atoms with Crippen molar-refractivity contribution in [3.63, 3.8) is 0 Å². The number of thioether (sulfide) groups is 1. The number of anilines is 2. The van der Waals surface area contributed by atoms with Gasteiger partial charge in [0.15, 0.2) is 5.16 Å². The van der Waals surface area contributed by atoms with Crippen LogP contribution < -0.4 is 10.6 Å². The Morgan fingerprint density at radius 1 is 1.07 bits per heavy atom. The maximum Gasteiger partial charge on any atom is 0.274 e. The lowest BCUT2D eigenvalue weighted by Gasteiger charge is -2.12. The van der Waals surface area contributed by atoms with Crippen molar-refractivity contribution < 1.29 is 14.0 Å². The maximum absolute atomic E-state index is 13.2. The third-order valence-corrected chi connectivity index (χ3v) is 4.32. The number of imidazole rings is 1. The lowest BCUT2D eigenvalue weighted by Crippen LogP contribution is -2.17. The molecule has 2 amide bonds. The van der Waals surface area contributed by atoms with Gasteiger partial charge in [0.1, 0.15) is 11.5 Å². The third kappa shape index (κ3) is 4.35. The van der Waals surface area contributed by atoms with E-state index in [2.05, 4.69) is 15.6 Å². The summed E-state index contributed by atoms with van der Waals surface area (Å²) in [6, 6.07) is 12.7. The number of nitrogens with zero attached hydrogens (tertiary/aromatic N) is 2. The van der Waals surface area contributed by atoms with E-state index in [1.165, 1.54) is 37.0 Å². The first-order valence-corrected chi connectivity index (χ1v) is 9.27. The second-order valence-corrected chi connectivity index (χ2v) is 6.43. The van der Waals surface area contributed by atoms with Crippen LogP contribution in [0.25, 0.3) is 5.69 Å². The van der Waals surface area contributed by atoms with Crippen LogP contribution >= 0.6 is 11.8 Å². The molecule has 138 valence electrons. The summed E-state index contributed by atoms with van der Waals surface area (Å²) < 4.78 is 14.9. The molecule has 2 aromatic carbocycles. The van der Waals surface area contributed by atoms with Gasteiger partial charge in [-0.1, -0.05) is 17.8 Å². The summed E-state index contributed by atoms with van der Waals surface area (Å²) in [4.78, 5) is 28.3. The largest absolute Gasteiger partial charge is 0.326 e. The van der Waals surface area contributed by atoms with Gasteiger partial charge in [0, 0.05) is 24.0 Å². The van der Waals surface area contributed by atoms with Gasteiger partial charge < -0.3 is 10.6 Å². The number of hydrogen-bond acceptors (Lipinski definition) is 4. The Hall–Kier alpha value is -3.13. The van der Waals surface area contributed by atoms with E-state index < -0.39 is 0 Å². The highest BCUT2D eigenvalue weighted by molar-refractivity contribution is 7.98. The Morgan fingerprint density at radius 3 is 2.37 bits per heavy atom. The number of carbonyl (C=O) groups excluding carboxylic acids is 2. The smallest absolute Gasteiger partial charge is 0.274 e. The van der Waals surface area contributed by atoms with Gasteiger partial charge in [-0.3, -0.25) is 14.2 Å². The number of halogens is 1. The van der Waals surface area contributed by atoms with Crippen molar-refractivity contribution in [1.29, 1.82) is 0 Å². The molecule has 0 saturated carbocycles. The first-order valence-electron chi connectivity index (χ1n) is 8.04. The predicted octanol–water partition coefficient (Wildman–Crippen LogP) is 3.94. The van der Waals surface area contributed by atoms with Crippen LogP contribution in [-0.2, 0) is 4.79 Å². The summed E-state index contributed by atoms with van der Waals surface area (Å²) in [5, 5.41) is 6.07. The molecule has 0 unspecified atom stereocenters. The highest BCUT2D eigenvalue weighted by Crippen LogP contribution is 2.23. The summed E-state index contributed by atoms with van der Waals surface area (Å²) in [6.07, 6.45) is 3.32. The summed E-state index contributed by atoms with van der Waals surface area (Å²) >= 11 is 1.38. The zero-order valence-corrected chi connectivity index (χ0v) is 15.5. The van der Waals surface area contributed by atoms with Gasteiger partial charge in [-0.15, -0.1) is 0 Å². The van der Waals surface area contributed by atoms with Gasteiger partial charge in [0.05, 0.1) is 6.20 Å². The molecular formula is C19H17FN4O2S. The second kappa shape index (κ2) is 8.05. The molecule has 1 heterocycles. The molecule has 0 aliphatic heterocycles. The lowest BCUT2D eigenvalue weighted by atomic mass is 10.2. The highest BCUT2D eigenvalue weighted by Gasteiger charge is 2.18. The van der Waals surface area contributed by atoms with E-state index in [1.54, 1.807) is 41.0 Å². The summed E-state index contributed by atoms with van der Waals surface area (Å²) in [5.74, 6) is -0.921. The molecule has 3 rings (SSSR count). The fourth-order valence-corrected chi connectivity index (χ4v) is 3.10. The van der Waals surface area contributed by atoms with Gasteiger partial charge >= 0.3 is 0 Å². The molecule has 0 atom stereocenters. The highest BCUT2D eigenvalue weighted by atomic mass is 32.2. The zero-order chi connectivity index (χ0) is 19.4. The molecule has 0 spiro atoms. The minimum atomic E-state index is -0.368. The van der Waals surface area contributed by atoms with Gasteiger partial charge in [0.25, 0.3) is 5.91 Å². The lowest BCUT2D eigenvalue weighted by molar-refractivity contribution is -0.114. The van der Waals surface area contributed by atoms with Gasteiger partial charge in [-0.05, 0) is 48.7 Å². The first-order chi connectivity index (χ1) is 13.0. The Kier molecular flexibility index (Phi) is 5.56.